The fourth-order valence-corrected chi connectivity index (χ4v) is 3.91. The number of aldehydes is 1. The predicted octanol–water partition coefficient (Wildman–Crippen LogP) is 3.54. The molecule has 1 heterocycles. The molecule has 0 radical (unpaired) electrons. The van der Waals surface area contributed by atoms with Crippen LogP contribution in [0.15, 0.2) is 12.2 Å². The van der Waals surface area contributed by atoms with Gasteiger partial charge < -0.3 is 19.4 Å². The van der Waals surface area contributed by atoms with Gasteiger partial charge in [-0.2, -0.15) is 0 Å². The number of unbranched alkanes of at least 4 members (excludes halogenated alkanes) is 1. The smallest absolute Gasteiger partial charge is 0.303 e. The number of allylic oxidation sites excluding steroid dienone is 2. The van der Waals surface area contributed by atoms with Gasteiger partial charge in [-0.15, -0.1) is 11.6 Å². The zero-order valence-corrected chi connectivity index (χ0v) is 14.7. The standard InChI is InChI=1S/C18H27ClO5/c19-15-11-16(24-18-9-5-6-10-23-18)14(12-20)13(15)7-3-1-2-4-8-17(21)22/h1,3,12-16,18H,2,4-11H2,(H,21,22)/b3-1+/t13-,14-,15-,16-,18?/m1/s1. The molecule has 0 spiro atoms. The summed E-state index contributed by atoms with van der Waals surface area (Å²) in [6.07, 6.45) is 10.5. The van der Waals surface area contributed by atoms with E-state index >= 15 is 0 Å². The Balaban J connectivity index is 1.79. The van der Waals surface area contributed by atoms with E-state index in [2.05, 4.69) is 0 Å². The molecule has 1 N–H and O–H groups in total. The minimum atomic E-state index is -0.772. The van der Waals surface area contributed by atoms with Gasteiger partial charge in [-0.3, -0.25) is 4.79 Å². The van der Waals surface area contributed by atoms with E-state index in [0.717, 1.165) is 45.0 Å². The maximum atomic E-state index is 11.6. The third-order valence-corrected chi connectivity index (χ3v) is 5.31. The summed E-state index contributed by atoms with van der Waals surface area (Å²) in [4.78, 5) is 22.0. The number of hydrogen-bond donors (Lipinski definition) is 1. The van der Waals surface area contributed by atoms with E-state index in [1.807, 2.05) is 12.2 Å². The van der Waals surface area contributed by atoms with Crippen molar-refractivity contribution in [2.24, 2.45) is 11.8 Å². The van der Waals surface area contributed by atoms with Crippen LogP contribution in [0.3, 0.4) is 0 Å². The van der Waals surface area contributed by atoms with Crippen LogP contribution in [0.4, 0.5) is 0 Å². The lowest BCUT2D eigenvalue weighted by molar-refractivity contribution is -0.194. The SMILES string of the molecule is O=C[C@@H]1[C@@H](C/C=C/CCCC(=O)O)[C@H](Cl)C[C@H]1OC1CCCCO1. The molecule has 1 saturated carbocycles. The van der Waals surface area contributed by atoms with Crippen LogP contribution < -0.4 is 0 Å². The van der Waals surface area contributed by atoms with Crippen molar-refractivity contribution in [1.82, 2.24) is 0 Å². The molecule has 5 atom stereocenters. The van der Waals surface area contributed by atoms with E-state index in [0.29, 0.717) is 12.8 Å². The zero-order chi connectivity index (χ0) is 17.4. The van der Waals surface area contributed by atoms with Crippen molar-refractivity contribution in [2.45, 2.75) is 69.1 Å². The van der Waals surface area contributed by atoms with Gasteiger partial charge in [0.25, 0.3) is 0 Å². The molecule has 24 heavy (non-hydrogen) atoms. The monoisotopic (exact) mass is 358 g/mol. The van der Waals surface area contributed by atoms with Crippen LogP contribution >= 0.6 is 11.6 Å². The van der Waals surface area contributed by atoms with E-state index in [1.165, 1.54) is 0 Å². The van der Waals surface area contributed by atoms with Crippen molar-refractivity contribution >= 4 is 23.9 Å². The van der Waals surface area contributed by atoms with Crippen LogP contribution in [0.2, 0.25) is 0 Å². The molecule has 1 saturated heterocycles. The predicted molar refractivity (Wildman–Crippen MR) is 91.0 cm³/mol. The van der Waals surface area contributed by atoms with Crippen molar-refractivity contribution in [3.05, 3.63) is 12.2 Å². The Bertz CT molecular complexity index is 433. The van der Waals surface area contributed by atoms with Crippen LogP contribution in [0.5, 0.6) is 0 Å². The number of alkyl halides is 1. The Morgan fingerprint density at radius 3 is 2.83 bits per heavy atom. The van der Waals surface area contributed by atoms with Gasteiger partial charge in [0, 0.05) is 24.3 Å². The first-order valence-corrected chi connectivity index (χ1v) is 9.28. The summed E-state index contributed by atoms with van der Waals surface area (Å²) in [5.74, 6) is -0.916. The highest BCUT2D eigenvalue weighted by molar-refractivity contribution is 6.21. The maximum Gasteiger partial charge on any atom is 0.303 e. The number of ether oxygens (including phenoxy) is 2. The quantitative estimate of drug-likeness (QED) is 0.295. The molecule has 2 fully saturated rings. The van der Waals surface area contributed by atoms with Gasteiger partial charge in [-0.1, -0.05) is 12.2 Å². The number of rotatable bonds is 9. The molecule has 0 aromatic rings. The topological polar surface area (TPSA) is 72.8 Å². The molecule has 0 bridgehead atoms. The van der Waals surface area contributed by atoms with Crippen molar-refractivity contribution in [2.75, 3.05) is 6.61 Å². The molecule has 0 aromatic carbocycles. The average Bonchev–Trinajstić information content (AvgIpc) is 2.86. The van der Waals surface area contributed by atoms with Crippen LogP contribution in [-0.4, -0.2) is 41.7 Å². The summed E-state index contributed by atoms with van der Waals surface area (Å²) in [5, 5.41) is 8.52. The highest BCUT2D eigenvalue weighted by Crippen LogP contribution is 2.40. The zero-order valence-electron chi connectivity index (χ0n) is 13.9. The lowest BCUT2D eigenvalue weighted by Crippen LogP contribution is -2.31. The largest absolute Gasteiger partial charge is 0.481 e. The maximum absolute atomic E-state index is 11.6. The second-order valence-corrected chi connectivity index (χ2v) is 7.15. The van der Waals surface area contributed by atoms with Gasteiger partial charge in [0.15, 0.2) is 6.29 Å². The van der Waals surface area contributed by atoms with Crippen molar-refractivity contribution in [1.29, 1.82) is 0 Å². The summed E-state index contributed by atoms with van der Waals surface area (Å²) in [5.41, 5.74) is 0. The molecule has 5 nitrogen and oxygen atoms in total. The van der Waals surface area contributed by atoms with Gasteiger partial charge in [0.05, 0.1) is 6.10 Å². The second-order valence-electron chi connectivity index (χ2n) is 6.59. The summed E-state index contributed by atoms with van der Waals surface area (Å²) in [6.45, 7) is 0.718. The van der Waals surface area contributed by atoms with Crippen molar-refractivity contribution < 1.29 is 24.2 Å². The molecule has 2 aliphatic rings. The normalized spacial score (nSPS) is 33.8. The fourth-order valence-electron chi connectivity index (χ4n) is 3.47. The Morgan fingerprint density at radius 2 is 2.17 bits per heavy atom. The van der Waals surface area contributed by atoms with Gasteiger partial charge in [0.1, 0.15) is 6.29 Å². The minimum absolute atomic E-state index is 0.0634. The van der Waals surface area contributed by atoms with E-state index in [9.17, 15) is 9.59 Å². The number of carbonyl (C=O) groups excluding carboxylic acids is 1. The molecule has 0 amide bonds. The van der Waals surface area contributed by atoms with E-state index < -0.39 is 5.97 Å². The second kappa shape index (κ2) is 10.2. The lowest BCUT2D eigenvalue weighted by atomic mass is 9.92. The molecular formula is C18H27ClO5. The lowest BCUT2D eigenvalue weighted by Gasteiger charge is -2.28. The summed E-state index contributed by atoms with van der Waals surface area (Å²) >= 11 is 6.45. The number of carboxylic acids is 1. The van der Waals surface area contributed by atoms with Gasteiger partial charge >= 0.3 is 5.97 Å². The van der Waals surface area contributed by atoms with Crippen molar-refractivity contribution in [3.63, 3.8) is 0 Å². The third kappa shape index (κ3) is 5.87. The van der Waals surface area contributed by atoms with E-state index in [-0.39, 0.29) is 36.0 Å². The Morgan fingerprint density at radius 1 is 1.33 bits per heavy atom. The van der Waals surface area contributed by atoms with E-state index in [1.54, 1.807) is 0 Å². The number of carbonyl (C=O) groups is 2. The first-order chi connectivity index (χ1) is 11.6. The Hall–Kier alpha value is -0.910. The van der Waals surface area contributed by atoms with Crippen molar-refractivity contribution in [3.8, 4) is 0 Å². The van der Waals surface area contributed by atoms with Gasteiger partial charge in [-0.05, 0) is 50.9 Å². The molecule has 1 aliphatic carbocycles. The summed E-state index contributed by atoms with van der Waals surface area (Å²) < 4.78 is 11.6. The van der Waals surface area contributed by atoms with Crippen LogP contribution in [0.25, 0.3) is 0 Å². The first kappa shape index (κ1) is 19.4. The van der Waals surface area contributed by atoms with Crippen LogP contribution in [-0.2, 0) is 19.1 Å². The Labute approximate surface area is 148 Å². The summed E-state index contributed by atoms with van der Waals surface area (Å²) in [7, 11) is 0. The molecule has 0 aromatic heterocycles. The van der Waals surface area contributed by atoms with Gasteiger partial charge in [-0.25, -0.2) is 0 Å². The Kier molecular flexibility index (Phi) is 8.22. The number of halogens is 1. The van der Waals surface area contributed by atoms with Crippen LogP contribution in [0, 0.1) is 11.8 Å². The fraction of sp³-hybridized carbons (Fsp3) is 0.778. The minimum Gasteiger partial charge on any atom is -0.481 e. The average molecular weight is 359 g/mol. The molecule has 2 rings (SSSR count). The summed E-state index contributed by atoms with van der Waals surface area (Å²) in [6, 6.07) is 0. The first-order valence-electron chi connectivity index (χ1n) is 8.85. The molecule has 1 aliphatic heterocycles. The highest BCUT2D eigenvalue weighted by atomic mass is 35.5. The number of hydrogen-bond acceptors (Lipinski definition) is 4. The molecule has 136 valence electrons. The molecule has 6 heteroatoms. The highest BCUT2D eigenvalue weighted by Gasteiger charge is 2.43. The van der Waals surface area contributed by atoms with Crippen LogP contribution in [0.1, 0.15) is 51.4 Å². The third-order valence-electron chi connectivity index (χ3n) is 4.80. The molecular weight excluding hydrogens is 332 g/mol. The van der Waals surface area contributed by atoms with E-state index in [4.69, 9.17) is 26.2 Å². The number of carboxylic acid groups (broad SMARTS) is 1. The van der Waals surface area contributed by atoms with Gasteiger partial charge in [0.2, 0.25) is 0 Å². The number of aliphatic carboxylic acids is 1. The molecule has 1 unspecified atom stereocenters.